The second kappa shape index (κ2) is 10.1. The van der Waals surface area contributed by atoms with Gasteiger partial charge < -0.3 is 0 Å². The summed E-state index contributed by atoms with van der Waals surface area (Å²) in [7, 11) is 0. The fourth-order valence-electron chi connectivity index (χ4n) is 2.20. The highest BCUT2D eigenvalue weighted by Crippen LogP contribution is 2.09. The lowest BCUT2D eigenvalue weighted by atomic mass is 10.0. The van der Waals surface area contributed by atoms with Crippen LogP contribution in [0.3, 0.4) is 0 Å². The van der Waals surface area contributed by atoms with Crippen molar-refractivity contribution in [1.29, 1.82) is 0 Å². The average molecular weight is 288 g/mol. The molecule has 3 nitrogen and oxygen atoms in total. The molecule has 0 heterocycles. The molecule has 0 fully saturated rings. The topological polar surface area (TPSA) is 41.5 Å². The molecule has 0 saturated carbocycles. The van der Waals surface area contributed by atoms with Crippen molar-refractivity contribution in [2.75, 3.05) is 0 Å². The Kier molecular flexibility index (Phi) is 8.41. The molecule has 0 aliphatic heterocycles. The molecule has 0 unspecified atom stereocenters. The summed E-state index contributed by atoms with van der Waals surface area (Å²) < 4.78 is 0. The maximum Gasteiger partial charge on any atom is 0.240 e. The van der Waals surface area contributed by atoms with Crippen molar-refractivity contribution in [1.82, 2.24) is 5.43 Å². The van der Waals surface area contributed by atoms with E-state index in [1.54, 1.807) is 0 Å². The van der Waals surface area contributed by atoms with Gasteiger partial charge in [-0.1, -0.05) is 76.8 Å². The third kappa shape index (κ3) is 7.07. The molecule has 0 aromatic heterocycles. The summed E-state index contributed by atoms with van der Waals surface area (Å²) in [5, 5.41) is 4.33. The van der Waals surface area contributed by atoms with Crippen LogP contribution in [0.25, 0.3) is 0 Å². The number of unbranched alkanes of at least 4 members (excludes halogenated alkanes) is 4. The first-order chi connectivity index (χ1) is 10.1. The zero-order valence-electron chi connectivity index (χ0n) is 13.6. The first kappa shape index (κ1) is 17.4. The highest BCUT2D eigenvalue weighted by molar-refractivity contribution is 6.02. The van der Waals surface area contributed by atoms with Gasteiger partial charge in [0.2, 0.25) is 5.91 Å². The lowest BCUT2D eigenvalue weighted by Crippen LogP contribution is -2.21. The number of hydrogen-bond acceptors (Lipinski definition) is 2. The van der Waals surface area contributed by atoms with Gasteiger partial charge in [-0.25, -0.2) is 5.43 Å². The van der Waals surface area contributed by atoms with E-state index in [4.69, 9.17) is 0 Å². The second-order valence-electron chi connectivity index (χ2n) is 5.72. The number of carbonyl (C=O) groups is 1. The molecule has 0 radical (unpaired) electrons. The zero-order valence-corrected chi connectivity index (χ0v) is 13.6. The van der Waals surface area contributed by atoms with Gasteiger partial charge in [-0.15, -0.1) is 0 Å². The lowest BCUT2D eigenvalue weighted by Gasteiger charge is -2.10. The summed E-state index contributed by atoms with van der Waals surface area (Å²) in [5.41, 5.74) is 4.69. The molecule has 0 aliphatic carbocycles. The van der Waals surface area contributed by atoms with Gasteiger partial charge in [0.15, 0.2) is 0 Å². The van der Waals surface area contributed by atoms with E-state index in [1.807, 2.05) is 30.3 Å². The van der Waals surface area contributed by atoms with Gasteiger partial charge in [0.05, 0.1) is 5.71 Å². The Morgan fingerprint density at radius 1 is 1.10 bits per heavy atom. The van der Waals surface area contributed by atoms with Gasteiger partial charge in [0.25, 0.3) is 0 Å². The Labute approximate surface area is 128 Å². The van der Waals surface area contributed by atoms with Gasteiger partial charge in [0.1, 0.15) is 0 Å². The third-order valence-electron chi connectivity index (χ3n) is 3.42. The first-order valence-electron chi connectivity index (χ1n) is 8.07. The van der Waals surface area contributed by atoms with Crippen LogP contribution < -0.4 is 5.43 Å². The third-order valence-corrected chi connectivity index (χ3v) is 3.42. The van der Waals surface area contributed by atoms with Crippen LogP contribution in [0.2, 0.25) is 0 Å². The van der Waals surface area contributed by atoms with Crippen molar-refractivity contribution in [3.63, 3.8) is 0 Å². The van der Waals surface area contributed by atoms with E-state index in [0.717, 1.165) is 24.1 Å². The van der Waals surface area contributed by atoms with Crippen molar-refractivity contribution < 1.29 is 4.79 Å². The first-order valence-corrected chi connectivity index (χ1v) is 8.07. The van der Waals surface area contributed by atoms with Gasteiger partial charge in [-0.3, -0.25) is 4.79 Å². The number of nitrogens with one attached hydrogen (secondary N) is 1. The SMILES string of the molecule is CCCCCCCC(=O)N/N=C(/c1ccccc1)C(C)C. The van der Waals surface area contributed by atoms with Gasteiger partial charge in [-0.05, 0) is 17.9 Å². The monoisotopic (exact) mass is 288 g/mol. The molecule has 0 aliphatic rings. The van der Waals surface area contributed by atoms with E-state index >= 15 is 0 Å². The normalized spacial score (nSPS) is 11.7. The number of carbonyl (C=O) groups excluding carboxylic acids is 1. The number of hydrogen-bond donors (Lipinski definition) is 1. The number of nitrogens with zero attached hydrogens (tertiary/aromatic N) is 1. The van der Waals surface area contributed by atoms with Crippen molar-refractivity contribution in [3.8, 4) is 0 Å². The minimum atomic E-state index is 0.0144. The van der Waals surface area contributed by atoms with Crippen molar-refractivity contribution >= 4 is 11.6 Å². The standard InChI is InChI=1S/C18H28N2O/c1-4-5-6-7-11-14-17(21)19-20-18(15(2)3)16-12-9-8-10-13-16/h8-10,12-13,15H,4-7,11,14H2,1-3H3,(H,19,21)/b20-18+. The van der Waals surface area contributed by atoms with Crippen LogP contribution in [0.5, 0.6) is 0 Å². The Balaban J connectivity index is 2.46. The van der Waals surface area contributed by atoms with Gasteiger partial charge in [-0.2, -0.15) is 5.10 Å². The summed E-state index contributed by atoms with van der Waals surface area (Å²) in [4.78, 5) is 11.8. The van der Waals surface area contributed by atoms with E-state index in [2.05, 4.69) is 31.3 Å². The van der Waals surface area contributed by atoms with Crippen molar-refractivity contribution in [2.24, 2.45) is 11.0 Å². The van der Waals surface area contributed by atoms with E-state index in [0.29, 0.717) is 6.42 Å². The molecular weight excluding hydrogens is 260 g/mol. The fraction of sp³-hybridized carbons (Fsp3) is 0.556. The summed E-state index contributed by atoms with van der Waals surface area (Å²) in [6, 6.07) is 10.0. The molecule has 0 spiro atoms. The molecule has 1 amide bonds. The Morgan fingerprint density at radius 3 is 2.38 bits per heavy atom. The Bertz CT molecular complexity index is 438. The van der Waals surface area contributed by atoms with Crippen LogP contribution in [-0.2, 0) is 4.79 Å². The molecule has 1 aromatic rings. The van der Waals surface area contributed by atoms with Crippen LogP contribution >= 0.6 is 0 Å². The number of amides is 1. The van der Waals surface area contributed by atoms with Crippen LogP contribution in [0, 0.1) is 5.92 Å². The van der Waals surface area contributed by atoms with Crippen LogP contribution in [0.15, 0.2) is 35.4 Å². The molecule has 3 heteroatoms. The molecule has 0 bridgehead atoms. The van der Waals surface area contributed by atoms with Crippen molar-refractivity contribution in [2.45, 2.75) is 59.3 Å². The van der Waals surface area contributed by atoms with Crippen LogP contribution in [0.1, 0.15) is 64.9 Å². The minimum absolute atomic E-state index is 0.0144. The molecule has 0 atom stereocenters. The number of rotatable bonds is 9. The van der Waals surface area contributed by atoms with Crippen LogP contribution in [-0.4, -0.2) is 11.6 Å². The number of hydrazone groups is 1. The average Bonchev–Trinajstić information content (AvgIpc) is 2.48. The van der Waals surface area contributed by atoms with Crippen LogP contribution in [0.4, 0.5) is 0 Å². The molecule has 1 N–H and O–H groups in total. The summed E-state index contributed by atoms with van der Waals surface area (Å²) in [6.45, 7) is 6.37. The summed E-state index contributed by atoms with van der Waals surface area (Å²) in [6.07, 6.45) is 6.34. The smallest absolute Gasteiger partial charge is 0.240 e. The van der Waals surface area contributed by atoms with Gasteiger partial charge >= 0.3 is 0 Å². The largest absolute Gasteiger partial charge is 0.273 e. The van der Waals surface area contributed by atoms with Gasteiger partial charge in [0, 0.05) is 6.42 Å². The molecule has 1 aromatic carbocycles. The number of benzene rings is 1. The zero-order chi connectivity index (χ0) is 15.5. The Hall–Kier alpha value is -1.64. The quantitative estimate of drug-likeness (QED) is 0.405. The molecular formula is C18H28N2O. The van der Waals surface area contributed by atoms with E-state index in [9.17, 15) is 4.79 Å². The predicted octanol–water partition coefficient (Wildman–Crippen LogP) is 4.52. The van der Waals surface area contributed by atoms with E-state index in [-0.39, 0.29) is 11.8 Å². The second-order valence-corrected chi connectivity index (χ2v) is 5.72. The summed E-state index contributed by atoms with van der Waals surface area (Å²) >= 11 is 0. The molecule has 21 heavy (non-hydrogen) atoms. The van der Waals surface area contributed by atoms with Crippen molar-refractivity contribution in [3.05, 3.63) is 35.9 Å². The highest BCUT2D eigenvalue weighted by Gasteiger charge is 2.09. The lowest BCUT2D eigenvalue weighted by molar-refractivity contribution is -0.121. The summed E-state index contributed by atoms with van der Waals surface area (Å²) in [5.74, 6) is 0.290. The Morgan fingerprint density at radius 2 is 1.76 bits per heavy atom. The minimum Gasteiger partial charge on any atom is -0.273 e. The van der Waals surface area contributed by atoms with E-state index < -0.39 is 0 Å². The maximum absolute atomic E-state index is 11.8. The molecule has 116 valence electrons. The fourth-order valence-corrected chi connectivity index (χ4v) is 2.20. The maximum atomic E-state index is 11.8. The predicted molar refractivity (Wildman–Crippen MR) is 89.3 cm³/mol. The van der Waals surface area contributed by atoms with E-state index in [1.165, 1.54) is 19.3 Å². The molecule has 1 rings (SSSR count). The molecule has 0 saturated heterocycles. The highest BCUT2D eigenvalue weighted by atomic mass is 16.2.